The normalized spacial score (nSPS) is 23.1. The van der Waals surface area contributed by atoms with Gasteiger partial charge in [0.15, 0.2) is 0 Å². The van der Waals surface area contributed by atoms with Crippen LogP contribution in [0.5, 0.6) is 0 Å². The molecule has 182 valence electrons. The highest BCUT2D eigenvalue weighted by Gasteiger charge is 2.43. The van der Waals surface area contributed by atoms with Gasteiger partial charge in [0.05, 0.1) is 0 Å². The van der Waals surface area contributed by atoms with Gasteiger partial charge in [-0.3, -0.25) is 15.1 Å². The number of piperazine rings is 1. The molecule has 34 heavy (non-hydrogen) atoms. The maximum Gasteiger partial charge on any atom is 0.272 e. The Bertz CT molecular complexity index is 1190. The average Bonchev–Trinajstić information content (AvgIpc) is 3.50. The molecule has 1 unspecified atom stereocenters. The third-order valence-electron chi connectivity index (χ3n) is 6.91. The summed E-state index contributed by atoms with van der Waals surface area (Å²) in [6, 6.07) is 12.0. The second kappa shape index (κ2) is 8.99. The number of hydrogen-bond donors (Lipinski definition) is 1. The summed E-state index contributed by atoms with van der Waals surface area (Å²) in [6.07, 6.45) is 2.86. The first kappa shape index (κ1) is 23.3. The molecule has 0 saturated carbocycles. The fraction of sp³-hybridized carbons (Fsp3) is 0.458. The van der Waals surface area contributed by atoms with Gasteiger partial charge in [0, 0.05) is 44.5 Å². The lowest BCUT2D eigenvalue weighted by atomic mass is 9.92. The number of anilines is 1. The molecular formula is C24H30N4O4S2. The number of benzene rings is 1. The molecule has 1 amide bonds. The summed E-state index contributed by atoms with van der Waals surface area (Å²) < 4.78 is 27.5. The van der Waals surface area contributed by atoms with Crippen LogP contribution in [0.25, 0.3) is 0 Å². The van der Waals surface area contributed by atoms with E-state index in [0.29, 0.717) is 48.9 Å². The Labute approximate surface area is 204 Å². The number of aryl methyl sites for hydroxylation is 1. The molecule has 1 N–H and O–H groups in total. The summed E-state index contributed by atoms with van der Waals surface area (Å²) in [5, 5.41) is 1.77. The zero-order chi connectivity index (χ0) is 23.9. The van der Waals surface area contributed by atoms with Gasteiger partial charge in [0.1, 0.15) is 15.5 Å². The minimum absolute atomic E-state index is 0.0683. The lowest BCUT2D eigenvalue weighted by Gasteiger charge is -2.41. The Morgan fingerprint density at radius 1 is 1.15 bits per heavy atom. The van der Waals surface area contributed by atoms with E-state index in [-0.39, 0.29) is 11.9 Å². The lowest BCUT2D eigenvalue weighted by Crippen LogP contribution is -2.54. The summed E-state index contributed by atoms with van der Waals surface area (Å²) in [5.74, 6) is -0.0683. The number of thiophene rings is 1. The Balaban J connectivity index is 1.21. The number of nitrogens with one attached hydrogen (secondary N) is 1. The predicted molar refractivity (Wildman–Crippen MR) is 132 cm³/mol. The number of piperidine rings is 1. The third kappa shape index (κ3) is 4.35. The van der Waals surface area contributed by atoms with Crippen LogP contribution in [0.3, 0.4) is 0 Å². The summed E-state index contributed by atoms with van der Waals surface area (Å²) in [7, 11) is -3.47. The molecular weight excluding hydrogens is 472 g/mol. The van der Waals surface area contributed by atoms with Gasteiger partial charge in [-0.25, -0.2) is 8.42 Å². The monoisotopic (exact) mass is 502 g/mol. The SMILES string of the molecule is Cc1cccc(N2CCN(C(=O)C3=CC4(CCN(S(=O)(=O)c5cccs5)CC4)ON3)CC2C)c1. The highest BCUT2D eigenvalue weighted by Crippen LogP contribution is 2.35. The molecule has 8 nitrogen and oxygen atoms in total. The maximum absolute atomic E-state index is 13.2. The van der Waals surface area contributed by atoms with Gasteiger partial charge in [0.25, 0.3) is 15.9 Å². The van der Waals surface area contributed by atoms with Crippen molar-refractivity contribution in [1.82, 2.24) is 14.7 Å². The van der Waals surface area contributed by atoms with Crippen molar-refractivity contribution in [3.8, 4) is 0 Å². The van der Waals surface area contributed by atoms with E-state index in [0.717, 1.165) is 6.54 Å². The highest BCUT2D eigenvalue weighted by atomic mass is 32.2. The number of carbonyl (C=O) groups excluding carboxylic acids is 1. The zero-order valence-electron chi connectivity index (χ0n) is 19.4. The first-order valence-electron chi connectivity index (χ1n) is 11.6. The van der Waals surface area contributed by atoms with E-state index in [9.17, 15) is 13.2 Å². The minimum atomic E-state index is -3.47. The number of carbonyl (C=O) groups is 1. The van der Waals surface area contributed by atoms with Crippen LogP contribution >= 0.6 is 11.3 Å². The molecule has 10 heteroatoms. The molecule has 2 fully saturated rings. The fourth-order valence-corrected chi connectivity index (χ4v) is 7.56. The molecule has 5 rings (SSSR count). The largest absolute Gasteiger partial charge is 0.365 e. The summed E-state index contributed by atoms with van der Waals surface area (Å²) in [4.78, 5) is 23.3. The topological polar surface area (TPSA) is 82.2 Å². The van der Waals surface area contributed by atoms with Gasteiger partial charge in [-0.2, -0.15) is 4.31 Å². The number of nitrogens with zero attached hydrogens (tertiary/aromatic N) is 3. The second-order valence-corrected chi connectivity index (χ2v) is 12.4. The van der Waals surface area contributed by atoms with Crippen molar-refractivity contribution in [3.63, 3.8) is 0 Å². The maximum atomic E-state index is 13.2. The molecule has 2 aromatic rings. The molecule has 3 aliphatic rings. The first-order chi connectivity index (χ1) is 16.3. The molecule has 1 aromatic heterocycles. The van der Waals surface area contributed by atoms with E-state index in [1.54, 1.807) is 17.5 Å². The van der Waals surface area contributed by atoms with Gasteiger partial charge in [-0.05, 0) is 61.9 Å². The molecule has 0 aliphatic carbocycles. The van der Waals surface area contributed by atoms with E-state index >= 15 is 0 Å². The molecule has 3 aliphatic heterocycles. The Kier molecular flexibility index (Phi) is 6.18. The van der Waals surface area contributed by atoms with Gasteiger partial charge < -0.3 is 9.80 Å². The predicted octanol–water partition coefficient (Wildman–Crippen LogP) is 2.74. The van der Waals surface area contributed by atoms with Crippen molar-refractivity contribution in [2.75, 3.05) is 37.6 Å². The standard InChI is InChI=1S/C24H30N4O4S2/c1-18-5-3-6-20(15-18)28-13-12-26(17-19(28)2)23(29)21-16-24(32-25-21)8-10-27(11-9-24)34(30,31)22-7-4-14-33-22/h3-7,14-16,19,25H,8-13,17H2,1-2H3. The first-order valence-corrected chi connectivity index (χ1v) is 13.9. The van der Waals surface area contributed by atoms with E-state index in [2.05, 4.69) is 48.5 Å². The summed E-state index contributed by atoms with van der Waals surface area (Å²) in [5.41, 5.74) is 5.06. The Morgan fingerprint density at radius 3 is 2.62 bits per heavy atom. The quantitative estimate of drug-likeness (QED) is 0.693. The van der Waals surface area contributed by atoms with Crippen molar-refractivity contribution in [2.45, 2.75) is 42.5 Å². The number of rotatable bonds is 4. The molecule has 1 spiro atoms. The van der Waals surface area contributed by atoms with Crippen molar-refractivity contribution in [3.05, 3.63) is 59.1 Å². The Morgan fingerprint density at radius 2 is 1.94 bits per heavy atom. The van der Waals surface area contributed by atoms with Crippen LogP contribution < -0.4 is 10.4 Å². The van der Waals surface area contributed by atoms with Crippen molar-refractivity contribution in [1.29, 1.82) is 0 Å². The van der Waals surface area contributed by atoms with Crippen LogP contribution in [0.1, 0.15) is 25.3 Å². The molecule has 1 atom stereocenters. The van der Waals surface area contributed by atoms with Crippen LogP contribution in [0.4, 0.5) is 5.69 Å². The number of amides is 1. The van der Waals surface area contributed by atoms with E-state index < -0.39 is 15.6 Å². The van der Waals surface area contributed by atoms with Crippen LogP contribution in [0.15, 0.2) is 57.8 Å². The van der Waals surface area contributed by atoms with E-state index in [4.69, 9.17) is 4.84 Å². The minimum Gasteiger partial charge on any atom is -0.365 e. The van der Waals surface area contributed by atoms with Crippen molar-refractivity contribution < 1.29 is 18.0 Å². The molecule has 0 radical (unpaired) electrons. The highest BCUT2D eigenvalue weighted by molar-refractivity contribution is 7.91. The number of sulfonamides is 1. The van der Waals surface area contributed by atoms with Gasteiger partial charge in [0.2, 0.25) is 0 Å². The van der Waals surface area contributed by atoms with Crippen LogP contribution in [0.2, 0.25) is 0 Å². The van der Waals surface area contributed by atoms with Gasteiger partial charge >= 0.3 is 0 Å². The van der Waals surface area contributed by atoms with E-state index in [1.807, 2.05) is 11.0 Å². The lowest BCUT2D eigenvalue weighted by molar-refractivity contribution is -0.130. The summed E-state index contributed by atoms with van der Waals surface area (Å²) in [6.45, 7) is 6.97. The molecule has 2 saturated heterocycles. The number of hydroxylamine groups is 1. The summed E-state index contributed by atoms with van der Waals surface area (Å²) >= 11 is 1.23. The van der Waals surface area contributed by atoms with Crippen LogP contribution in [0, 0.1) is 6.92 Å². The molecule has 0 bridgehead atoms. The van der Waals surface area contributed by atoms with Crippen molar-refractivity contribution >= 4 is 33.0 Å². The number of hydrogen-bond acceptors (Lipinski definition) is 7. The van der Waals surface area contributed by atoms with E-state index in [1.165, 1.54) is 26.9 Å². The van der Waals surface area contributed by atoms with Crippen molar-refractivity contribution in [2.24, 2.45) is 0 Å². The van der Waals surface area contributed by atoms with Crippen LogP contribution in [-0.2, 0) is 19.7 Å². The van der Waals surface area contributed by atoms with Crippen LogP contribution in [-0.4, -0.2) is 67.9 Å². The molecule has 4 heterocycles. The smallest absolute Gasteiger partial charge is 0.272 e. The zero-order valence-corrected chi connectivity index (χ0v) is 21.1. The van der Waals surface area contributed by atoms with Gasteiger partial charge in [-0.15, -0.1) is 11.3 Å². The second-order valence-electron chi connectivity index (χ2n) is 9.30. The van der Waals surface area contributed by atoms with Gasteiger partial charge in [-0.1, -0.05) is 18.2 Å². The fourth-order valence-electron chi connectivity index (χ4n) is 4.98. The average molecular weight is 503 g/mol. The molecule has 1 aromatic carbocycles. The third-order valence-corrected chi connectivity index (χ3v) is 10.2. The Hall–Kier alpha value is -2.40.